The van der Waals surface area contributed by atoms with E-state index in [-0.39, 0.29) is 30.3 Å². The van der Waals surface area contributed by atoms with Crippen molar-refractivity contribution in [1.82, 2.24) is 14.7 Å². The number of carbonyl (C=O) groups is 2. The average Bonchev–Trinajstić information content (AvgIpc) is 2.93. The van der Waals surface area contributed by atoms with Gasteiger partial charge in [0.1, 0.15) is 19.8 Å². The summed E-state index contributed by atoms with van der Waals surface area (Å²) in [5.41, 5.74) is 1.16. The number of fused-ring (bicyclic) bond motifs is 5. The van der Waals surface area contributed by atoms with Crippen LogP contribution in [-0.2, 0) is 16.1 Å². The Bertz CT molecular complexity index is 736. The molecule has 4 aliphatic heterocycles. The number of rotatable bonds is 4. The first-order valence-electron chi connectivity index (χ1n) is 9.63. The van der Waals surface area contributed by atoms with Gasteiger partial charge in [-0.1, -0.05) is 6.07 Å². The average molecular weight is 373 g/mol. The second-order valence-electron chi connectivity index (χ2n) is 7.85. The summed E-state index contributed by atoms with van der Waals surface area (Å²) in [4.78, 5) is 30.7. The van der Waals surface area contributed by atoms with E-state index in [9.17, 15) is 9.59 Å². The van der Waals surface area contributed by atoms with Gasteiger partial charge < -0.3 is 19.3 Å². The van der Waals surface area contributed by atoms with E-state index in [0.29, 0.717) is 13.2 Å². The Morgan fingerprint density at radius 2 is 1.93 bits per heavy atom. The molecule has 3 saturated heterocycles. The standard InChI is InChI=1S/C20H27N3O4/c1-21(2)19(24)13-23-16-5-4-15(20(23)25)11-22(12-16)10-14-3-6-17-18(9-14)27-8-7-26-17/h3,6,9,15-16H,4-5,7-8,10-13H2,1-2H3/t15-,16+/m1/s1. The summed E-state index contributed by atoms with van der Waals surface area (Å²) >= 11 is 0. The fraction of sp³-hybridized carbons (Fsp3) is 0.600. The third kappa shape index (κ3) is 3.74. The molecule has 0 aromatic heterocycles. The van der Waals surface area contributed by atoms with Crippen LogP contribution in [0.2, 0.25) is 0 Å². The van der Waals surface area contributed by atoms with E-state index in [1.54, 1.807) is 23.9 Å². The lowest BCUT2D eigenvalue weighted by molar-refractivity contribution is -0.145. The molecule has 4 aliphatic rings. The molecular weight excluding hydrogens is 346 g/mol. The number of amides is 2. The Balaban J connectivity index is 1.47. The molecule has 4 heterocycles. The number of nitrogens with zero attached hydrogens (tertiary/aromatic N) is 3. The minimum Gasteiger partial charge on any atom is -0.486 e. The van der Waals surface area contributed by atoms with Crippen molar-refractivity contribution in [2.75, 3.05) is 46.9 Å². The molecule has 1 aromatic rings. The minimum absolute atomic E-state index is 0.0177. The summed E-state index contributed by atoms with van der Waals surface area (Å²) in [5, 5.41) is 0. The molecule has 0 N–H and O–H groups in total. The lowest BCUT2D eigenvalue weighted by Gasteiger charge is -2.36. The Morgan fingerprint density at radius 1 is 1.15 bits per heavy atom. The normalized spacial score (nSPS) is 24.7. The van der Waals surface area contributed by atoms with E-state index in [2.05, 4.69) is 11.0 Å². The number of carbonyl (C=O) groups excluding carboxylic acids is 2. The number of ether oxygens (including phenoxy) is 2. The lowest BCUT2D eigenvalue weighted by atomic mass is 9.94. The Labute approximate surface area is 159 Å². The van der Waals surface area contributed by atoms with Crippen molar-refractivity contribution in [3.63, 3.8) is 0 Å². The number of hydrogen-bond donors (Lipinski definition) is 0. The first-order valence-corrected chi connectivity index (χ1v) is 9.63. The molecule has 2 atom stereocenters. The van der Waals surface area contributed by atoms with Crippen LogP contribution in [0.15, 0.2) is 18.2 Å². The van der Waals surface area contributed by atoms with Crippen LogP contribution in [0.4, 0.5) is 0 Å². The van der Waals surface area contributed by atoms with Crippen LogP contribution < -0.4 is 9.47 Å². The highest BCUT2D eigenvalue weighted by Crippen LogP contribution is 2.33. The van der Waals surface area contributed by atoms with Crippen molar-refractivity contribution in [2.45, 2.75) is 25.4 Å². The molecule has 27 heavy (non-hydrogen) atoms. The first-order chi connectivity index (χ1) is 13.0. The van der Waals surface area contributed by atoms with Gasteiger partial charge in [0.15, 0.2) is 11.5 Å². The van der Waals surface area contributed by atoms with Crippen LogP contribution in [0.25, 0.3) is 0 Å². The van der Waals surface area contributed by atoms with Crippen LogP contribution in [0.1, 0.15) is 18.4 Å². The maximum Gasteiger partial charge on any atom is 0.241 e. The molecule has 0 radical (unpaired) electrons. The van der Waals surface area contributed by atoms with Crippen LogP contribution in [0.5, 0.6) is 11.5 Å². The summed E-state index contributed by atoms with van der Waals surface area (Å²) in [5.74, 6) is 1.69. The zero-order valence-corrected chi connectivity index (χ0v) is 16.0. The topological polar surface area (TPSA) is 62.3 Å². The van der Waals surface area contributed by atoms with Gasteiger partial charge in [-0.25, -0.2) is 0 Å². The van der Waals surface area contributed by atoms with E-state index in [0.717, 1.165) is 49.5 Å². The van der Waals surface area contributed by atoms with Gasteiger partial charge in [-0.05, 0) is 30.5 Å². The largest absolute Gasteiger partial charge is 0.486 e. The summed E-state index contributed by atoms with van der Waals surface area (Å²) in [6.45, 7) is 3.67. The third-order valence-electron chi connectivity index (χ3n) is 5.69. The maximum absolute atomic E-state index is 12.8. The highest BCUT2D eigenvalue weighted by atomic mass is 16.6. The quantitative estimate of drug-likeness (QED) is 0.787. The fourth-order valence-corrected chi connectivity index (χ4v) is 4.20. The number of hydrogen-bond acceptors (Lipinski definition) is 5. The predicted octanol–water partition coefficient (Wildman–Crippen LogP) is 0.969. The minimum atomic E-state index is -0.0192. The SMILES string of the molecule is CN(C)C(=O)CN1C(=O)[C@@H]2CC[C@H]1CN(Cc1ccc3c(c1)OCCO3)C2. The molecule has 7 nitrogen and oxygen atoms in total. The number of likely N-dealkylation sites (N-methyl/N-ethyl adjacent to an activating group) is 1. The zero-order chi connectivity index (χ0) is 19.0. The van der Waals surface area contributed by atoms with Crippen LogP contribution in [0, 0.1) is 5.92 Å². The van der Waals surface area contributed by atoms with Crippen molar-refractivity contribution < 1.29 is 19.1 Å². The van der Waals surface area contributed by atoms with Gasteiger partial charge >= 0.3 is 0 Å². The number of piperidine rings is 1. The molecule has 3 fully saturated rings. The summed E-state index contributed by atoms with van der Waals surface area (Å²) in [6, 6.07) is 6.17. The predicted molar refractivity (Wildman–Crippen MR) is 99.6 cm³/mol. The van der Waals surface area contributed by atoms with Crippen molar-refractivity contribution in [2.24, 2.45) is 5.92 Å². The van der Waals surface area contributed by atoms with Gasteiger partial charge in [0.2, 0.25) is 11.8 Å². The summed E-state index contributed by atoms with van der Waals surface area (Å²) in [6.07, 6.45) is 1.88. The highest BCUT2D eigenvalue weighted by molar-refractivity contribution is 5.86. The van der Waals surface area contributed by atoms with Crippen LogP contribution in [0.3, 0.4) is 0 Å². The van der Waals surface area contributed by atoms with E-state index < -0.39 is 0 Å². The molecule has 2 bridgehead atoms. The first kappa shape index (κ1) is 18.1. The van der Waals surface area contributed by atoms with E-state index in [1.807, 2.05) is 12.1 Å². The molecular formula is C20H27N3O4. The van der Waals surface area contributed by atoms with E-state index >= 15 is 0 Å². The molecule has 7 heteroatoms. The van der Waals surface area contributed by atoms with Crippen molar-refractivity contribution in [1.29, 1.82) is 0 Å². The van der Waals surface area contributed by atoms with Gasteiger partial charge in [0.25, 0.3) is 0 Å². The maximum atomic E-state index is 12.8. The third-order valence-corrected chi connectivity index (χ3v) is 5.69. The van der Waals surface area contributed by atoms with Gasteiger partial charge in [0.05, 0.1) is 5.92 Å². The molecule has 0 saturated carbocycles. The summed E-state index contributed by atoms with van der Waals surface area (Å²) < 4.78 is 11.3. The van der Waals surface area contributed by atoms with Gasteiger partial charge in [-0.15, -0.1) is 0 Å². The molecule has 146 valence electrons. The van der Waals surface area contributed by atoms with Crippen LogP contribution in [-0.4, -0.2) is 79.5 Å². The van der Waals surface area contributed by atoms with Gasteiger partial charge in [-0.2, -0.15) is 0 Å². The fourth-order valence-electron chi connectivity index (χ4n) is 4.20. The Kier molecular flexibility index (Phi) is 4.95. The second-order valence-corrected chi connectivity index (χ2v) is 7.85. The van der Waals surface area contributed by atoms with Gasteiger partial charge in [0, 0.05) is 39.8 Å². The van der Waals surface area contributed by atoms with E-state index in [1.165, 1.54) is 0 Å². The monoisotopic (exact) mass is 373 g/mol. The number of benzene rings is 1. The molecule has 2 amide bonds. The molecule has 5 rings (SSSR count). The van der Waals surface area contributed by atoms with Gasteiger partial charge in [-0.3, -0.25) is 14.5 Å². The lowest BCUT2D eigenvalue weighted by Crippen LogP contribution is -2.51. The molecule has 0 unspecified atom stereocenters. The molecule has 1 aromatic carbocycles. The van der Waals surface area contributed by atoms with Crippen molar-refractivity contribution >= 4 is 11.8 Å². The van der Waals surface area contributed by atoms with Crippen molar-refractivity contribution in [3.05, 3.63) is 23.8 Å². The van der Waals surface area contributed by atoms with Crippen LogP contribution >= 0.6 is 0 Å². The van der Waals surface area contributed by atoms with E-state index in [4.69, 9.17) is 9.47 Å². The second kappa shape index (κ2) is 7.38. The Hall–Kier alpha value is -2.28. The molecule has 0 aliphatic carbocycles. The zero-order valence-electron chi connectivity index (χ0n) is 16.0. The molecule has 0 spiro atoms. The highest BCUT2D eigenvalue weighted by Gasteiger charge is 2.41. The smallest absolute Gasteiger partial charge is 0.241 e. The van der Waals surface area contributed by atoms with Crippen molar-refractivity contribution in [3.8, 4) is 11.5 Å². The Morgan fingerprint density at radius 3 is 2.70 bits per heavy atom. The summed E-state index contributed by atoms with van der Waals surface area (Å²) in [7, 11) is 3.47.